The van der Waals surface area contributed by atoms with Crippen LogP contribution in [-0.4, -0.2) is 50.8 Å². The highest BCUT2D eigenvalue weighted by Crippen LogP contribution is 2.47. The van der Waals surface area contributed by atoms with Gasteiger partial charge in [0.05, 0.1) is 32.5 Å². The minimum absolute atomic E-state index is 0.0550. The fourth-order valence-corrected chi connectivity index (χ4v) is 2.89. The molecule has 8 heteroatoms. The molecule has 2 heterocycles. The predicted octanol–water partition coefficient (Wildman–Crippen LogP) is 1.83. The first kappa shape index (κ1) is 18.7. The molecule has 1 saturated heterocycles. The zero-order valence-electron chi connectivity index (χ0n) is 15.2. The summed E-state index contributed by atoms with van der Waals surface area (Å²) >= 11 is 0. The molecule has 8 nitrogen and oxygen atoms in total. The fourth-order valence-electron chi connectivity index (χ4n) is 2.89. The van der Waals surface area contributed by atoms with E-state index in [9.17, 15) is 14.4 Å². The van der Waals surface area contributed by atoms with E-state index in [-0.39, 0.29) is 22.6 Å². The predicted molar refractivity (Wildman–Crippen MR) is 91.8 cm³/mol. The van der Waals surface area contributed by atoms with E-state index in [1.807, 2.05) is 0 Å². The molecule has 3 rings (SSSR count). The van der Waals surface area contributed by atoms with Crippen molar-refractivity contribution in [3.8, 4) is 11.5 Å². The van der Waals surface area contributed by atoms with Crippen molar-refractivity contribution >= 4 is 17.5 Å². The van der Waals surface area contributed by atoms with Gasteiger partial charge in [0.15, 0.2) is 0 Å². The molecule has 0 N–H and O–H groups in total. The zero-order chi connectivity index (χ0) is 19.8. The number of benzene rings is 1. The van der Waals surface area contributed by atoms with Gasteiger partial charge in [0.25, 0.3) is 5.60 Å². The van der Waals surface area contributed by atoms with Gasteiger partial charge in [-0.05, 0) is 19.1 Å². The van der Waals surface area contributed by atoms with E-state index in [0.29, 0.717) is 5.76 Å². The number of ketones is 2. The van der Waals surface area contributed by atoms with Crippen LogP contribution in [0.4, 0.5) is 0 Å². The van der Waals surface area contributed by atoms with Gasteiger partial charge in [-0.15, -0.1) is 0 Å². The van der Waals surface area contributed by atoms with E-state index in [0.717, 1.165) is 0 Å². The lowest BCUT2D eigenvalue weighted by Crippen LogP contribution is -2.39. The molecule has 0 spiro atoms. The largest absolute Gasteiger partial charge is 0.497 e. The molecule has 2 aliphatic rings. The van der Waals surface area contributed by atoms with Crippen LogP contribution in [0.2, 0.25) is 0 Å². The van der Waals surface area contributed by atoms with Crippen molar-refractivity contribution in [3.63, 3.8) is 0 Å². The second-order valence-corrected chi connectivity index (χ2v) is 5.79. The average molecular weight is 374 g/mol. The molecular weight excluding hydrogens is 356 g/mol. The molecule has 2 atom stereocenters. The van der Waals surface area contributed by atoms with Crippen molar-refractivity contribution in [1.29, 1.82) is 0 Å². The van der Waals surface area contributed by atoms with E-state index in [2.05, 4.69) is 0 Å². The lowest BCUT2D eigenvalue weighted by Gasteiger charge is -2.18. The van der Waals surface area contributed by atoms with Gasteiger partial charge in [0.1, 0.15) is 17.3 Å². The highest BCUT2D eigenvalue weighted by atomic mass is 16.8. The number of fused-ring (bicyclic) bond motifs is 1. The Labute approximate surface area is 155 Å². The Kier molecular flexibility index (Phi) is 4.75. The van der Waals surface area contributed by atoms with E-state index in [1.165, 1.54) is 39.5 Å². The smallest absolute Gasteiger partial charge is 0.338 e. The first-order valence-electron chi connectivity index (χ1n) is 8.05. The minimum atomic E-state index is -1.84. The molecule has 0 bridgehead atoms. The summed E-state index contributed by atoms with van der Waals surface area (Å²) < 4.78 is 26.0. The van der Waals surface area contributed by atoms with Crippen LogP contribution >= 0.6 is 0 Å². The number of rotatable bonds is 6. The quantitative estimate of drug-likeness (QED) is 0.322. The normalized spacial score (nSPS) is 23.2. The molecule has 1 aromatic carbocycles. The molecule has 1 aromatic rings. The molecule has 0 radical (unpaired) electrons. The lowest BCUT2D eigenvalue weighted by molar-refractivity contribution is -0.118. The second kappa shape index (κ2) is 6.88. The Morgan fingerprint density at radius 2 is 1.93 bits per heavy atom. The summed E-state index contributed by atoms with van der Waals surface area (Å²) in [6.45, 7) is 1.76. The standard InChI is InChI=1S/C19H18O8/c1-5-6-10-9-14(20)19(18(26-10)27-19)16(21)15-12(17(22)25-4)7-11(23-2)8-13(15)24-3/h5-9,18H,1-4H3/b6-5+. The van der Waals surface area contributed by atoms with E-state index in [4.69, 9.17) is 23.7 Å². The minimum Gasteiger partial charge on any atom is -0.497 e. The first-order chi connectivity index (χ1) is 12.9. The number of methoxy groups -OCH3 is 3. The van der Waals surface area contributed by atoms with Gasteiger partial charge in [-0.1, -0.05) is 6.08 Å². The Morgan fingerprint density at radius 1 is 1.19 bits per heavy atom. The summed E-state index contributed by atoms with van der Waals surface area (Å²) in [4.78, 5) is 38.1. The van der Waals surface area contributed by atoms with Crippen LogP contribution in [0.3, 0.4) is 0 Å². The van der Waals surface area contributed by atoms with Crippen LogP contribution in [0.15, 0.2) is 36.1 Å². The van der Waals surface area contributed by atoms with Crippen molar-refractivity contribution in [3.05, 3.63) is 47.2 Å². The van der Waals surface area contributed by atoms with E-state index < -0.39 is 29.4 Å². The topological polar surface area (TPSA) is 101 Å². The molecule has 2 unspecified atom stereocenters. The monoisotopic (exact) mass is 374 g/mol. The number of hydrogen-bond acceptors (Lipinski definition) is 8. The Hall–Kier alpha value is -3.13. The first-order valence-corrected chi connectivity index (χ1v) is 8.05. The molecule has 2 aliphatic heterocycles. The van der Waals surface area contributed by atoms with Gasteiger partial charge < -0.3 is 23.7 Å². The number of hydrogen-bond donors (Lipinski definition) is 0. The highest BCUT2D eigenvalue weighted by molar-refractivity contribution is 6.26. The van der Waals surface area contributed by atoms with E-state index >= 15 is 0 Å². The van der Waals surface area contributed by atoms with Crippen LogP contribution in [0.25, 0.3) is 0 Å². The van der Waals surface area contributed by atoms with Crippen molar-refractivity contribution in [2.75, 3.05) is 21.3 Å². The van der Waals surface area contributed by atoms with Crippen molar-refractivity contribution in [1.82, 2.24) is 0 Å². The molecule has 27 heavy (non-hydrogen) atoms. The maximum atomic E-state index is 13.3. The number of carbonyl (C=O) groups is 3. The third-order valence-electron chi connectivity index (χ3n) is 4.28. The van der Waals surface area contributed by atoms with Crippen molar-refractivity contribution in [2.24, 2.45) is 0 Å². The lowest BCUT2D eigenvalue weighted by atomic mass is 9.88. The summed E-state index contributed by atoms with van der Waals surface area (Å²) in [5, 5.41) is 0. The summed E-state index contributed by atoms with van der Waals surface area (Å²) in [5.74, 6) is -1.45. The number of ether oxygens (including phenoxy) is 5. The van der Waals surface area contributed by atoms with Gasteiger partial charge >= 0.3 is 5.97 Å². The molecule has 142 valence electrons. The number of esters is 1. The third kappa shape index (κ3) is 2.87. The summed E-state index contributed by atoms with van der Waals surface area (Å²) in [7, 11) is 3.92. The van der Waals surface area contributed by atoms with Crippen LogP contribution < -0.4 is 9.47 Å². The number of allylic oxidation sites excluding steroid dienone is 2. The zero-order valence-corrected chi connectivity index (χ0v) is 15.2. The SMILES string of the molecule is C/C=C/C1=CC(=O)C2(C(=O)c3c(OC)cc(OC)cc3C(=O)OC)OC2O1. The third-order valence-corrected chi connectivity index (χ3v) is 4.28. The van der Waals surface area contributed by atoms with Crippen molar-refractivity contribution < 1.29 is 38.1 Å². The number of Topliss-reactive ketones (excluding diaryl/α,β-unsaturated/α-hetero) is 1. The fraction of sp³-hybridized carbons (Fsp3) is 0.316. The Balaban J connectivity index is 2.11. The van der Waals surface area contributed by atoms with E-state index in [1.54, 1.807) is 19.1 Å². The summed E-state index contributed by atoms with van der Waals surface area (Å²) in [6, 6.07) is 2.77. The highest BCUT2D eigenvalue weighted by Gasteiger charge is 2.72. The van der Waals surface area contributed by atoms with Crippen LogP contribution in [0.5, 0.6) is 11.5 Å². The molecule has 1 fully saturated rings. The van der Waals surface area contributed by atoms with Gasteiger partial charge in [-0.2, -0.15) is 0 Å². The number of carbonyl (C=O) groups excluding carboxylic acids is 3. The second-order valence-electron chi connectivity index (χ2n) is 5.79. The number of epoxide rings is 1. The molecular formula is C19H18O8. The maximum absolute atomic E-state index is 13.3. The van der Waals surface area contributed by atoms with Crippen LogP contribution in [-0.2, 0) is 19.0 Å². The summed E-state index contributed by atoms with van der Waals surface area (Å²) in [5.41, 5.74) is -2.07. The Bertz CT molecular complexity index is 882. The van der Waals surface area contributed by atoms with Gasteiger partial charge in [-0.3, -0.25) is 9.59 Å². The average Bonchev–Trinajstić information content (AvgIpc) is 3.42. The maximum Gasteiger partial charge on any atom is 0.338 e. The molecule has 0 aromatic heterocycles. The summed E-state index contributed by atoms with van der Waals surface area (Å²) in [6.07, 6.45) is 3.40. The van der Waals surface area contributed by atoms with Gasteiger partial charge in [0.2, 0.25) is 17.9 Å². The Morgan fingerprint density at radius 3 is 2.48 bits per heavy atom. The van der Waals surface area contributed by atoms with Crippen LogP contribution in [0.1, 0.15) is 27.6 Å². The van der Waals surface area contributed by atoms with Gasteiger partial charge in [0, 0.05) is 12.1 Å². The van der Waals surface area contributed by atoms with Gasteiger partial charge in [-0.25, -0.2) is 4.79 Å². The molecule has 0 saturated carbocycles. The molecule has 0 aliphatic carbocycles. The van der Waals surface area contributed by atoms with Crippen LogP contribution in [0, 0.1) is 0 Å². The van der Waals surface area contributed by atoms with Crippen molar-refractivity contribution in [2.45, 2.75) is 18.8 Å². The molecule has 0 amide bonds.